The van der Waals surface area contributed by atoms with Crippen LogP contribution in [0.25, 0.3) is 0 Å². The standard InChI is InChI=1S/C19H23NO3/c1-2-3-7-14-20-22-16-15-21-17-10-12-19(13-11-17)23-18-8-5-4-6-9-18/h4-6,8-14H,2-3,7,15-16H2,1H3/b20-14+. The van der Waals surface area contributed by atoms with E-state index in [1.54, 1.807) is 6.21 Å². The Balaban J connectivity index is 1.66. The maximum absolute atomic E-state index is 5.72. The molecule has 0 aliphatic carbocycles. The van der Waals surface area contributed by atoms with Gasteiger partial charge in [-0.3, -0.25) is 0 Å². The molecule has 0 saturated heterocycles. The van der Waals surface area contributed by atoms with Crippen LogP contribution in [0.4, 0.5) is 0 Å². The predicted molar refractivity (Wildman–Crippen MR) is 92.4 cm³/mol. The van der Waals surface area contributed by atoms with Gasteiger partial charge in [-0.1, -0.05) is 36.7 Å². The summed E-state index contributed by atoms with van der Waals surface area (Å²) >= 11 is 0. The molecule has 23 heavy (non-hydrogen) atoms. The van der Waals surface area contributed by atoms with E-state index in [9.17, 15) is 0 Å². The van der Waals surface area contributed by atoms with Crippen molar-refractivity contribution in [1.82, 2.24) is 0 Å². The summed E-state index contributed by atoms with van der Waals surface area (Å²) in [6.45, 7) is 3.05. The van der Waals surface area contributed by atoms with Gasteiger partial charge in [0.1, 0.15) is 23.9 Å². The van der Waals surface area contributed by atoms with Gasteiger partial charge in [0.15, 0.2) is 6.61 Å². The molecule has 0 radical (unpaired) electrons. The Morgan fingerprint density at radius 2 is 1.57 bits per heavy atom. The average Bonchev–Trinajstić information content (AvgIpc) is 2.60. The molecule has 0 aromatic heterocycles. The minimum atomic E-state index is 0.435. The van der Waals surface area contributed by atoms with Gasteiger partial charge < -0.3 is 14.3 Å². The lowest BCUT2D eigenvalue weighted by molar-refractivity contribution is 0.108. The fraction of sp³-hybridized carbons (Fsp3) is 0.316. The van der Waals surface area contributed by atoms with Gasteiger partial charge in [0.2, 0.25) is 0 Å². The van der Waals surface area contributed by atoms with Crippen LogP contribution in [0.3, 0.4) is 0 Å². The summed E-state index contributed by atoms with van der Waals surface area (Å²) in [6, 6.07) is 17.2. The topological polar surface area (TPSA) is 40.0 Å². The quantitative estimate of drug-likeness (QED) is 0.350. The second-order valence-electron chi connectivity index (χ2n) is 5.00. The molecule has 0 heterocycles. The first-order valence-electron chi connectivity index (χ1n) is 7.98. The summed E-state index contributed by atoms with van der Waals surface area (Å²) in [5, 5.41) is 3.88. The monoisotopic (exact) mass is 313 g/mol. The normalized spacial score (nSPS) is 10.7. The molecule has 0 atom stereocenters. The van der Waals surface area contributed by atoms with Crippen molar-refractivity contribution in [2.24, 2.45) is 5.16 Å². The summed E-state index contributed by atoms with van der Waals surface area (Å²) in [7, 11) is 0. The second kappa shape index (κ2) is 10.3. The van der Waals surface area contributed by atoms with E-state index in [1.165, 1.54) is 6.42 Å². The van der Waals surface area contributed by atoms with Gasteiger partial charge in [-0.05, 0) is 49.2 Å². The molecule has 0 saturated carbocycles. The highest BCUT2D eigenvalue weighted by Gasteiger charge is 1.98. The summed E-state index contributed by atoms with van der Waals surface area (Å²) in [5.41, 5.74) is 0. The molecule has 0 spiro atoms. The van der Waals surface area contributed by atoms with E-state index in [1.807, 2.05) is 54.6 Å². The van der Waals surface area contributed by atoms with E-state index in [0.717, 1.165) is 30.1 Å². The highest BCUT2D eigenvalue weighted by atomic mass is 16.6. The Morgan fingerprint density at radius 1 is 0.870 bits per heavy atom. The Kier molecular flexibility index (Phi) is 7.54. The number of ether oxygens (including phenoxy) is 2. The van der Waals surface area contributed by atoms with Crippen molar-refractivity contribution in [1.29, 1.82) is 0 Å². The molecule has 2 rings (SSSR count). The number of rotatable bonds is 10. The van der Waals surface area contributed by atoms with Crippen LogP contribution in [-0.2, 0) is 4.84 Å². The second-order valence-corrected chi connectivity index (χ2v) is 5.00. The lowest BCUT2D eigenvalue weighted by Gasteiger charge is -2.08. The third-order valence-corrected chi connectivity index (χ3v) is 3.08. The molecule has 0 fully saturated rings. The average molecular weight is 313 g/mol. The molecule has 4 heteroatoms. The molecular formula is C19H23NO3. The molecular weight excluding hydrogens is 290 g/mol. The van der Waals surface area contributed by atoms with Crippen molar-refractivity contribution in [3.63, 3.8) is 0 Å². The van der Waals surface area contributed by atoms with Crippen LogP contribution in [0.5, 0.6) is 17.2 Å². The molecule has 0 amide bonds. The van der Waals surface area contributed by atoms with E-state index in [4.69, 9.17) is 14.3 Å². The first-order valence-corrected chi connectivity index (χ1v) is 7.98. The summed E-state index contributed by atoms with van der Waals surface area (Å²) in [5.74, 6) is 2.37. The zero-order valence-electron chi connectivity index (χ0n) is 13.5. The van der Waals surface area contributed by atoms with Crippen LogP contribution < -0.4 is 9.47 Å². The minimum absolute atomic E-state index is 0.435. The number of hydrogen-bond donors (Lipinski definition) is 0. The molecule has 0 aliphatic rings. The number of para-hydroxylation sites is 1. The molecule has 0 aliphatic heterocycles. The largest absolute Gasteiger partial charge is 0.490 e. The zero-order valence-corrected chi connectivity index (χ0v) is 13.5. The molecule has 2 aromatic carbocycles. The first kappa shape index (κ1) is 16.9. The molecule has 0 N–H and O–H groups in total. The maximum Gasteiger partial charge on any atom is 0.151 e. The number of oxime groups is 1. The van der Waals surface area contributed by atoms with Gasteiger partial charge >= 0.3 is 0 Å². The van der Waals surface area contributed by atoms with E-state index in [-0.39, 0.29) is 0 Å². The molecule has 122 valence electrons. The van der Waals surface area contributed by atoms with E-state index < -0.39 is 0 Å². The summed E-state index contributed by atoms with van der Waals surface area (Å²) in [4.78, 5) is 5.12. The predicted octanol–water partition coefficient (Wildman–Crippen LogP) is 5.05. The molecule has 4 nitrogen and oxygen atoms in total. The fourth-order valence-electron chi connectivity index (χ4n) is 1.88. The van der Waals surface area contributed by atoms with E-state index >= 15 is 0 Å². The van der Waals surface area contributed by atoms with Crippen LogP contribution in [0.15, 0.2) is 59.8 Å². The van der Waals surface area contributed by atoms with Crippen molar-refractivity contribution in [3.8, 4) is 17.2 Å². The van der Waals surface area contributed by atoms with Crippen LogP contribution in [0.2, 0.25) is 0 Å². The Hall–Kier alpha value is -2.49. The van der Waals surface area contributed by atoms with E-state index in [2.05, 4.69) is 12.1 Å². The van der Waals surface area contributed by atoms with E-state index in [0.29, 0.717) is 13.2 Å². The summed E-state index contributed by atoms with van der Waals surface area (Å²) in [6.07, 6.45) is 5.07. The zero-order chi connectivity index (χ0) is 16.2. The van der Waals surface area contributed by atoms with Gasteiger partial charge in [0, 0.05) is 6.21 Å². The third kappa shape index (κ3) is 6.87. The lowest BCUT2D eigenvalue weighted by Crippen LogP contribution is -2.04. The number of unbranched alkanes of at least 4 members (excludes halogenated alkanes) is 2. The van der Waals surface area contributed by atoms with Crippen molar-refractivity contribution in [2.45, 2.75) is 26.2 Å². The SMILES string of the molecule is CCCC/C=N/OCCOc1ccc(Oc2ccccc2)cc1. The van der Waals surface area contributed by atoms with Gasteiger partial charge in [0.25, 0.3) is 0 Å². The smallest absolute Gasteiger partial charge is 0.151 e. The number of hydrogen-bond acceptors (Lipinski definition) is 4. The Morgan fingerprint density at radius 3 is 2.30 bits per heavy atom. The van der Waals surface area contributed by atoms with Crippen molar-refractivity contribution < 1.29 is 14.3 Å². The summed E-state index contributed by atoms with van der Waals surface area (Å²) < 4.78 is 11.3. The fourth-order valence-corrected chi connectivity index (χ4v) is 1.88. The molecule has 0 unspecified atom stereocenters. The van der Waals surface area contributed by atoms with Gasteiger partial charge in [-0.25, -0.2) is 0 Å². The molecule has 0 bridgehead atoms. The van der Waals surface area contributed by atoms with Crippen LogP contribution in [0.1, 0.15) is 26.2 Å². The minimum Gasteiger partial charge on any atom is -0.490 e. The van der Waals surface area contributed by atoms with Crippen LogP contribution in [-0.4, -0.2) is 19.4 Å². The maximum atomic E-state index is 5.72. The van der Waals surface area contributed by atoms with Gasteiger partial charge in [0.05, 0.1) is 0 Å². The number of benzene rings is 2. The lowest BCUT2D eigenvalue weighted by atomic mass is 10.3. The van der Waals surface area contributed by atoms with Crippen LogP contribution in [0, 0.1) is 0 Å². The molecule has 2 aromatic rings. The van der Waals surface area contributed by atoms with Crippen molar-refractivity contribution in [2.75, 3.05) is 13.2 Å². The van der Waals surface area contributed by atoms with Gasteiger partial charge in [-0.15, -0.1) is 0 Å². The van der Waals surface area contributed by atoms with Crippen LogP contribution >= 0.6 is 0 Å². The number of nitrogens with zero attached hydrogens (tertiary/aromatic N) is 1. The van der Waals surface area contributed by atoms with Crippen molar-refractivity contribution >= 4 is 6.21 Å². The highest BCUT2D eigenvalue weighted by Crippen LogP contribution is 2.23. The Labute approximate surface area is 137 Å². The highest BCUT2D eigenvalue weighted by molar-refractivity contribution is 5.56. The third-order valence-electron chi connectivity index (χ3n) is 3.08. The van der Waals surface area contributed by atoms with Gasteiger partial charge in [-0.2, -0.15) is 0 Å². The van der Waals surface area contributed by atoms with Crippen molar-refractivity contribution in [3.05, 3.63) is 54.6 Å². The Bertz CT molecular complexity index is 567. The first-order chi connectivity index (χ1) is 11.4.